The molecule has 3 aliphatic rings. The van der Waals surface area contributed by atoms with Crippen molar-refractivity contribution >= 4 is 17.2 Å². The summed E-state index contributed by atoms with van der Waals surface area (Å²) in [6.45, 7) is 10.8. The quantitative estimate of drug-likeness (QED) is 0.714. The summed E-state index contributed by atoms with van der Waals surface area (Å²) in [5, 5.41) is 3.58. The van der Waals surface area contributed by atoms with Crippen molar-refractivity contribution in [2.75, 3.05) is 30.1 Å². The van der Waals surface area contributed by atoms with E-state index in [1.54, 1.807) is 0 Å². The van der Waals surface area contributed by atoms with E-state index in [0.29, 0.717) is 6.42 Å². The van der Waals surface area contributed by atoms with Crippen molar-refractivity contribution in [3.05, 3.63) is 58.8 Å². The minimum atomic E-state index is -0.102. The summed E-state index contributed by atoms with van der Waals surface area (Å²) in [7, 11) is 0. The molecule has 0 radical (unpaired) electrons. The highest BCUT2D eigenvalue weighted by atomic mass is 16.7. The molecule has 31 heavy (non-hydrogen) atoms. The van der Waals surface area contributed by atoms with Crippen molar-refractivity contribution in [3.8, 4) is 11.5 Å². The van der Waals surface area contributed by atoms with Crippen LogP contribution >= 0.6 is 0 Å². The van der Waals surface area contributed by atoms with Crippen LogP contribution in [0.25, 0.3) is 0 Å². The Bertz CT molecular complexity index is 1060. The standard InChI is InChI=1S/C26H30N2O3/c1-5-28(6-2)17-9-7-16(8-10-17)24-18-11-22-23(31-15-30-22)12-19(18)27-20-13-26(3,4)14-21(29)25(20)24/h7-12,24,27H,5-6,13-15H2,1-4H3/t24-/m1/s1. The van der Waals surface area contributed by atoms with E-state index in [9.17, 15) is 4.79 Å². The fourth-order valence-electron chi connectivity index (χ4n) is 5.22. The number of hydrogen-bond acceptors (Lipinski definition) is 5. The molecule has 2 aromatic carbocycles. The van der Waals surface area contributed by atoms with Crippen LogP contribution in [0.1, 0.15) is 57.6 Å². The Hall–Kier alpha value is -2.95. The summed E-state index contributed by atoms with van der Waals surface area (Å²) in [5.74, 6) is 1.64. The molecule has 5 nitrogen and oxygen atoms in total. The van der Waals surface area contributed by atoms with E-state index in [4.69, 9.17) is 9.47 Å². The molecule has 0 saturated heterocycles. The third kappa shape index (κ3) is 3.36. The number of fused-ring (bicyclic) bond motifs is 2. The fraction of sp³-hybridized carbons (Fsp3) is 0.423. The number of nitrogens with zero attached hydrogens (tertiary/aromatic N) is 1. The average Bonchev–Trinajstić information content (AvgIpc) is 3.18. The van der Waals surface area contributed by atoms with Gasteiger partial charge in [0.05, 0.1) is 0 Å². The molecule has 5 rings (SSSR count). The monoisotopic (exact) mass is 418 g/mol. The smallest absolute Gasteiger partial charge is 0.231 e. The van der Waals surface area contributed by atoms with Gasteiger partial charge in [-0.05, 0) is 55.0 Å². The van der Waals surface area contributed by atoms with Gasteiger partial charge in [0.25, 0.3) is 0 Å². The maximum atomic E-state index is 13.4. The summed E-state index contributed by atoms with van der Waals surface area (Å²) in [5.41, 5.74) is 6.33. The molecule has 0 spiro atoms. The van der Waals surface area contributed by atoms with Crippen molar-refractivity contribution in [1.82, 2.24) is 0 Å². The van der Waals surface area contributed by atoms with Crippen LogP contribution in [0.2, 0.25) is 0 Å². The van der Waals surface area contributed by atoms with Gasteiger partial charge in [0.1, 0.15) is 0 Å². The Morgan fingerprint density at radius 3 is 2.39 bits per heavy atom. The predicted molar refractivity (Wildman–Crippen MR) is 123 cm³/mol. The first-order valence-electron chi connectivity index (χ1n) is 11.2. The normalized spacial score (nSPS) is 20.8. The molecule has 0 fully saturated rings. The number of benzene rings is 2. The number of ketones is 1. The van der Waals surface area contributed by atoms with E-state index in [0.717, 1.165) is 59.1 Å². The lowest BCUT2D eigenvalue weighted by Gasteiger charge is -2.39. The van der Waals surface area contributed by atoms with Crippen molar-refractivity contribution in [2.24, 2.45) is 5.41 Å². The second kappa shape index (κ2) is 7.33. The molecule has 1 aliphatic carbocycles. The third-order valence-corrected chi connectivity index (χ3v) is 6.70. The molecule has 0 amide bonds. The molecular weight excluding hydrogens is 388 g/mol. The van der Waals surface area contributed by atoms with Gasteiger partial charge in [0.2, 0.25) is 6.79 Å². The van der Waals surface area contributed by atoms with Crippen LogP contribution in [0.4, 0.5) is 11.4 Å². The topological polar surface area (TPSA) is 50.8 Å². The first-order chi connectivity index (χ1) is 14.9. The lowest BCUT2D eigenvalue weighted by Crippen LogP contribution is -2.33. The summed E-state index contributed by atoms with van der Waals surface area (Å²) in [4.78, 5) is 15.7. The maximum Gasteiger partial charge on any atom is 0.231 e. The Labute approximate surface area is 184 Å². The van der Waals surface area contributed by atoms with Gasteiger partial charge >= 0.3 is 0 Å². The van der Waals surface area contributed by atoms with Gasteiger partial charge in [0.15, 0.2) is 17.3 Å². The van der Waals surface area contributed by atoms with Gasteiger partial charge in [-0.3, -0.25) is 4.79 Å². The maximum absolute atomic E-state index is 13.4. The average molecular weight is 419 g/mol. The van der Waals surface area contributed by atoms with Crippen LogP contribution in [-0.2, 0) is 4.79 Å². The Morgan fingerprint density at radius 1 is 1.03 bits per heavy atom. The van der Waals surface area contributed by atoms with E-state index in [2.05, 4.69) is 62.2 Å². The summed E-state index contributed by atoms with van der Waals surface area (Å²) < 4.78 is 11.3. The minimum Gasteiger partial charge on any atom is -0.454 e. The zero-order chi connectivity index (χ0) is 21.8. The number of allylic oxidation sites excluding steroid dienone is 2. The summed E-state index contributed by atoms with van der Waals surface area (Å²) in [6.07, 6.45) is 1.43. The fourth-order valence-corrected chi connectivity index (χ4v) is 5.22. The molecule has 0 bridgehead atoms. The molecule has 0 aromatic heterocycles. The van der Waals surface area contributed by atoms with Crippen molar-refractivity contribution in [2.45, 2.75) is 46.5 Å². The predicted octanol–water partition coefficient (Wildman–Crippen LogP) is 5.46. The summed E-state index contributed by atoms with van der Waals surface area (Å²) in [6, 6.07) is 12.8. The minimum absolute atomic E-state index is 0.0477. The molecule has 0 unspecified atom stereocenters. The highest BCUT2D eigenvalue weighted by molar-refractivity contribution is 6.01. The number of Topliss-reactive ketones (excluding diaryl/α,β-unsaturated/α-hetero) is 1. The van der Waals surface area contributed by atoms with Crippen molar-refractivity contribution in [3.63, 3.8) is 0 Å². The largest absolute Gasteiger partial charge is 0.454 e. The van der Waals surface area contributed by atoms with Crippen LogP contribution in [0.3, 0.4) is 0 Å². The molecule has 162 valence electrons. The van der Waals surface area contributed by atoms with Gasteiger partial charge in [-0.25, -0.2) is 0 Å². The number of nitrogens with one attached hydrogen (secondary N) is 1. The zero-order valence-electron chi connectivity index (χ0n) is 18.7. The molecular formula is C26H30N2O3. The number of carbonyl (C=O) groups is 1. The molecule has 1 N–H and O–H groups in total. The Morgan fingerprint density at radius 2 is 1.71 bits per heavy atom. The van der Waals surface area contributed by atoms with Crippen LogP contribution in [0.5, 0.6) is 11.5 Å². The lowest BCUT2D eigenvalue weighted by molar-refractivity contribution is -0.118. The van der Waals surface area contributed by atoms with Crippen LogP contribution in [0, 0.1) is 5.41 Å². The molecule has 2 heterocycles. The SMILES string of the molecule is CCN(CC)c1ccc([C@H]2C3=C(CC(C)(C)CC3=O)Nc3cc4c(cc32)OCO4)cc1. The molecule has 2 aliphatic heterocycles. The number of ether oxygens (including phenoxy) is 2. The number of rotatable bonds is 4. The van der Waals surface area contributed by atoms with E-state index in [-0.39, 0.29) is 23.9 Å². The van der Waals surface area contributed by atoms with E-state index < -0.39 is 0 Å². The van der Waals surface area contributed by atoms with E-state index in [1.807, 2.05) is 12.1 Å². The van der Waals surface area contributed by atoms with Crippen molar-refractivity contribution < 1.29 is 14.3 Å². The first kappa shape index (κ1) is 20.0. The Kier molecular flexibility index (Phi) is 4.72. The van der Waals surface area contributed by atoms with Gasteiger partial charge in [-0.1, -0.05) is 26.0 Å². The van der Waals surface area contributed by atoms with E-state index >= 15 is 0 Å². The second-order valence-electron chi connectivity index (χ2n) is 9.45. The first-order valence-corrected chi connectivity index (χ1v) is 11.2. The van der Waals surface area contributed by atoms with Crippen molar-refractivity contribution in [1.29, 1.82) is 0 Å². The zero-order valence-corrected chi connectivity index (χ0v) is 18.7. The molecule has 0 saturated carbocycles. The van der Waals surface area contributed by atoms with Gasteiger partial charge in [0, 0.05) is 54.1 Å². The molecule has 2 aromatic rings. The molecule has 5 heteroatoms. The van der Waals surface area contributed by atoms with Crippen LogP contribution < -0.4 is 19.7 Å². The number of hydrogen-bond donors (Lipinski definition) is 1. The molecule has 1 atom stereocenters. The van der Waals surface area contributed by atoms with Crippen LogP contribution in [-0.4, -0.2) is 25.7 Å². The summed E-state index contributed by atoms with van der Waals surface area (Å²) >= 11 is 0. The van der Waals surface area contributed by atoms with Gasteiger partial charge in [-0.15, -0.1) is 0 Å². The van der Waals surface area contributed by atoms with Crippen LogP contribution in [0.15, 0.2) is 47.7 Å². The second-order valence-corrected chi connectivity index (χ2v) is 9.45. The van der Waals surface area contributed by atoms with Gasteiger partial charge < -0.3 is 19.7 Å². The number of anilines is 2. The highest BCUT2D eigenvalue weighted by Gasteiger charge is 2.41. The Balaban J connectivity index is 1.64. The highest BCUT2D eigenvalue weighted by Crippen LogP contribution is 2.51. The van der Waals surface area contributed by atoms with E-state index in [1.165, 1.54) is 5.69 Å². The third-order valence-electron chi connectivity index (χ3n) is 6.70. The lowest BCUT2D eigenvalue weighted by atomic mass is 9.68. The van der Waals surface area contributed by atoms with Gasteiger partial charge in [-0.2, -0.15) is 0 Å². The number of carbonyl (C=O) groups excluding carboxylic acids is 1.